The molecule has 1 amide bonds. The number of ether oxygens (including phenoxy) is 1. The number of hydrogen-bond acceptors (Lipinski definition) is 3. The topological polar surface area (TPSA) is 69.4 Å². The van der Waals surface area contributed by atoms with E-state index in [9.17, 15) is 9.59 Å². The summed E-state index contributed by atoms with van der Waals surface area (Å²) in [5.74, 6) is -1.33. The Kier molecular flexibility index (Phi) is 4.05. The average molecular weight is 221 g/mol. The van der Waals surface area contributed by atoms with Crippen molar-refractivity contribution < 1.29 is 14.3 Å². The number of benzene rings is 1. The van der Waals surface area contributed by atoms with Gasteiger partial charge in [-0.25, -0.2) is 0 Å². The second-order valence-electron chi connectivity index (χ2n) is 3.42. The van der Waals surface area contributed by atoms with Crippen molar-refractivity contribution in [2.24, 2.45) is 5.73 Å². The lowest BCUT2D eigenvalue weighted by atomic mass is 9.94. The number of carbonyl (C=O) groups excluding carboxylic acids is 2. The third kappa shape index (κ3) is 2.59. The Balaban J connectivity index is 3.18. The molecule has 0 spiro atoms. The van der Waals surface area contributed by atoms with Gasteiger partial charge in [0.05, 0.1) is 6.61 Å². The highest BCUT2D eigenvalue weighted by Crippen LogP contribution is 2.27. The average Bonchev–Trinajstić information content (AvgIpc) is 2.20. The van der Waals surface area contributed by atoms with Crippen molar-refractivity contribution in [3.8, 4) is 5.75 Å². The SMILES string of the molecule is CCOc1ccccc1C(C(C)=O)C(N)=O. The molecule has 2 N–H and O–H groups in total. The monoisotopic (exact) mass is 221 g/mol. The molecule has 0 saturated carbocycles. The van der Waals surface area contributed by atoms with Crippen LogP contribution in [0.4, 0.5) is 0 Å². The van der Waals surface area contributed by atoms with Crippen LogP contribution in [0.3, 0.4) is 0 Å². The summed E-state index contributed by atoms with van der Waals surface area (Å²) in [6, 6.07) is 6.93. The number of amides is 1. The Hall–Kier alpha value is -1.84. The Morgan fingerprint density at radius 1 is 1.38 bits per heavy atom. The molecule has 0 radical (unpaired) electrons. The Bertz CT molecular complexity index is 387. The molecule has 1 unspecified atom stereocenters. The first-order valence-corrected chi connectivity index (χ1v) is 5.09. The number of para-hydroxylation sites is 1. The molecule has 16 heavy (non-hydrogen) atoms. The van der Waals surface area contributed by atoms with E-state index in [-0.39, 0.29) is 5.78 Å². The zero-order valence-electron chi connectivity index (χ0n) is 9.40. The number of Topliss-reactive ketones (excluding diaryl/α,β-unsaturated/α-hetero) is 1. The van der Waals surface area contributed by atoms with E-state index in [0.717, 1.165) is 0 Å². The predicted octanol–water partition coefficient (Wildman–Crippen LogP) is 1.24. The molecule has 0 bridgehead atoms. The fourth-order valence-electron chi connectivity index (χ4n) is 1.58. The summed E-state index contributed by atoms with van der Waals surface area (Å²) in [7, 11) is 0. The van der Waals surface area contributed by atoms with Gasteiger partial charge in [-0.05, 0) is 19.9 Å². The van der Waals surface area contributed by atoms with E-state index in [1.165, 1.54) is 6.92 Å². The minimum Gasteiger partial charge on any atom is -0.494 e. The summed E-state index contributed by atoms with van der Waals surface area (Å²) < 4.78 is 5.36. The van der Waals surface area contributed by atoms with E-state index in [2.05, 4.69) is 0 Å². The number of nitrogens with two attached hydrogens (primary N) is 1. The van der Waals surface area contributed by atoms with Crippen LogP contribution in [0.5, 0.6) is 5.75 Å². The molecule has 1 aromatic rings. The molecular weight excluding hydrogens is 206 g/mol. The van der Waals surface area contributed by atoms with Crippen molar-refractivity contribution in [2.75, 3.05) is 6.61 Å². The van der Waals surface area contributed by atoms with Gasteiger partial charge in [0, 0.05) is 5.56 Å². The van der Waals surface area contributed by atoms with Crippen LogP contribution >= 0.6 is 0 Å². The molecule has 0 aromatic heterocycles. The van der Waals surface area contributed by atoms with Crippen LogP contribution in [-0.2, 0) is 9.59 Å². The van der Waals surface area contributed by atoms with Crippen LogP contribution in [0.25, 0.3) is 0 Å². The van der Waals surface area contributed by atoms with Crippen molar-refractivity contribution in [3.63, 3.8) is 0 Å². The molecule has 4 heteroatoms. The van der Waals surface area contributed by atoms with Crippen molar-refractivity contribution in [1.82, 2.24) is 0 Å². The van der Waals surface area contributed by atoms with Gasteiger partial charge in [-0.15, -0.1) is 0 Å². The first-order valence-electron chi connectivity index (χ1n) is 5.09. The normalized spacial score (nSPS) is 11.9. The van der Waals surface area contributed by atoms with Crippen LogP contribution in [0.1, 0.15) is 25.3 Å². The third-order valence-electron chi connectivity index (χ3n) is 2.22. The second kappa shape index (κ2) is 5.30. The highest BCUT2D eigenvalue weighted by atomic mass is 16.5. The summed E-state index contributed by atoms with van der Waals surface area (Å²) in [5.41, 5.74) is 5.75. The highest BCUT2D eigenvalue weighted by molar-refractivity contribution is 6.05. The number of ketones is 1. The largest absolute Gasteiger partial charge is 0.494 e. The Morgan fingerprint density at radius 3 is 2.50 bits per heavy atom. The summed E-state index contributed by atoms with van der Waals surface area (Å²) in [6.07, 6.45) is 0. The minimum atomic E-state index is -0.928. The third-order valence-corrected chi connectivity index (χ3v) is 2.22. The van der Waals surface area contributed by atoms with Crippen LogP contribution in [0.2, 0.25) is 0 Å². The molecule has 0 aliphatic rings. The van der Waals surface area contributed by atoms with E-state index < -0.39 is 11.8 Å². The fourth-order valence-corrected chi connectivity index (χ4v) is 1.58. The van der Waals surface area contributed by atoms with Gasteiger partial charge < -0.3 is 10.5 Å². The zero-order chi connectivity index (χ0) is 12.1. The molecular formula is C12H15NO3. The van der Waals surface area contributed by atoms with Crippen molar-refractivity contribution in [2.45, 2.75) is 19.8 Å². The van der Waals surface area contributed by atoms with E-state index >= 15 is 0 Å². The van der Waals surface area contributed by atoms with Crippen molar-refractivity contribution in [3.05, 3.63) is 29.8 Å². The molecule has 0 fully saturated rings. The highest BCUT2D eigenvalue weighted by Gasteiger charge is 2.25. The summed E-state index contributed by atoms with van der Waals surface area (Å²) in [5, 5.41) is 0. The van der Waals surface area contributed by atoms with Crippen molar-refractivity contribution >= 4 is 11.7 Å². The minimum absolute atomic E-state index is 0.278. The van der Waals surface area contributed by atoms with Gasteiger partial charge in [-0.2, -0.15) is 0 Å². The molecule has 0 heterocycles. The van der Waals surface area contributed by atoms with Crippen molar-refractivity contribution in [1.29, 1.82) is 0 Å². The van der Waals surface area contributed by atoms with Gasteiger partial charge in [0.25, 0.3) is 0 Å². The fraction of sp³-hybridized carbons (Fsp3) is 0.333. The summed E-state index contributed by atoms with van der Waals surface area (Å²) in [4.78, 5) is 22.6. The smallest absolute Gasteiger partial charge is 0.232 e. The van der Waals surface area contributed by atoms with Crippen LogP contribution in [0.15, 0.2) is 24.3 Å². The molecule has 1 atom stereocenters. The molecule has 0 aliphatic heterocycles. The maximum Gasteiger partial charge on any atom is 0.232 e. The van der Waals surface area contributed by atoms with E-state index in [0.29, 0.717) is 17.9 Å². The standard InChI is InChI=1S/C12H15NO3/c1-3-16-10-7-5-4-6-9(10)11(8(2)14)12(13)15/h4-7,11H,3H2,1-2H3,(H2,13,15). The van der Waals surface area contributed by atoms with E-state index in [4.69, 9.17) is 10.5 Å². The van der Waals surface area contributed by atoms with Gasteiger partial charge >= 0.3 is 0 Å². The molecule has 0 saturated heterocycles. The number of carbonyl (C=O) groups is 2. The molecule has 4 nitrogen and oxygen atoms in total. The van der Waals surface area contributed by atoms with E-state index in [1.54, 1.807) is 24.3 Å². The van der Waals surface area contributed by atoms with Gasteiger partial charge in [0.2, 0.25) is 5.91 Å². The lowest BCUT2D eigenvalue weighted by molar-refractivity contribution is -0.127. The van der Waals surface area contributed by atoms with Gasteiger partial charge in [0.1, 0.15) is 17.5 Å². The van der Waals surface area contributed by atoms with Gasteiger partial charge in [-0.1, -0.05) is 18.2 Å². The van der Waals surface area contributed by atoms with Gasteiger partial charge in [-0.3, -0.25) is 9.59 Å². The quantitative estimate of drug-likeness (QED) is 0.760. The first-order chi connectivity index (χ1) is 7.57. The second-order valence-corrected chi connectivity index (χ2v) is 3.42. The zero-order valence-corrected chi connectivity index (χ0v) is 9.40. The summed E-state index contributed by atoms with van der Waals surface area (Å²) in [6.45, 7) is 3.66. The molecule has 1 rings (SSSR count). The maximum absolute atomic E-state index is 11.4. The first kappa shape index (κ1) is 12.2. The summed E-state index contributed by atoms with van der Waals surface area (Å²) >= 11 is 0. The van der Waals surface area contributed by atoms with Gasteiger partial charge in [0.15, 0.2) is 0 Å². The Labute approximate surface area is 94.4 Å². The number of rotatable bonds is 5. The lowest BCUT2D eigenvalue weighted by Gasteiger charge is -2.14. The maximum atomic E-state index is 11.4. The molecule has 1 aromatic carbocycles. The van der Waals surface area contributed by atoms with Crippen LogP contribution in [0, 0.1) is 0 Å². The number of primary amides is 1. The van der Waals surface area contributed by atoms with Crippen LogP contribution < -0.4 is 10.5 Å². The predicted molar refractivity (Wildman–Crippen MR) is 60.2 cm³/mol. The molecule has 0 aliphatic carbocycles. The Morgan fingerprint density at radius 2 is 2.00 bits per heavy atom. The molecule has 86 valence electrons. The number of hydrogen-bond donors (Lipinski definition) is 1. The van der Waals surface area contributed by atoms with E-state index in [1.807, 2.05) is 6.92 Å². The van der Waals surface area contributed by atoms with Crippen LogP contribution in [-0.4, -0.2) is 18.3 Å². The lowest BCUT2D eigenvalue weighted by Crippen LogP contribution is -2.27.